The number of nitrogens with zero attached hydrogens (tertiary/aromatic N) is 2. The maximum absolute atomic E-state index is 12.4. The smallest absolute Gasteiger partial charge is 0.744 e. The van der Waals surface area contributed by atoms with Crippen molar-refractivity contribution in [1.29, 1.82) is 0 Å². The Kier molecular flexibility index (Phi) is 8.90. The van der Waals surface area contributed by atoms with Crippen molar-refractivity contribution in [2.24, 2.45) is 0 Å². The van der Waals surface area contributed by atoms with Gasteiger partial charge in [0, 0.05) is 11.0 Å². The number of hydrogen-bond donors (Lipinski definition) is 2. The molecule has 0 saturated heterocycles. The van der Waals surface area contributed by atoms with Gasteiger partial charge in [-0.3, -0.25) is 0 Å². The first-order valence-electron chi connectivity index (χ1n) is 10.3. The largest absolute Gasteiger partial charge is 2.00 e. The second-order valence-electron chi connectivity index (χ2n) is 8.21. The molecule has 0 atom stereocenters. The Bertz CT molecular complexity index is 2330. The molecule has 22 heteroatoms. The number of fused-ring (bicyclic) bond motifs is 8. The van der Waals surface area contributed by atoms with Gasteiger partial charge >= 0.3 is 33.6 Å². The first kappa shape index (κ1) is 33.8. The molecule has 0 aliphatic carbocycles. The molecule has 0 saturated carbocycles. The molecule has 3 aromatic heterocycles. The Labute approximate surface area is 257 Å². The van der Waals surface area contributed by atoms with Gasteiger partial charge in [0.05, 0.1) is 42.8 Å². The zero-order valence-corrected chi connectivity index (χ0v) is 25.1. The Hall–Kier alpha value is -2.75. The minimum Gasteiger partial charge on any atom is -0.744 e. The zero-order chi connectivity index (χ0) is 29.4. The summed E-state index contributed by atoms with van der Waals surface area (Å²) in [7, 11) is -23.7. The monoisotopic (exact) mass is 744 g/mol. The summed E-state index contributed by atoms with van der Waals surface area (Å²) in [4.78, 5) is 5.61. The van der Waals surface area contributed by atoms with Gasteiger partial charge in [-0.05, 0) is 48.6 Å². The van der Waals surface area contributed by atoms with Crippen molar-refractivity contribution in [3.63, 3.8) is 0 Å². The van der Waals surface area contributed by atoms with Crippen molar-refractivity contribution in [3.05, 3.63) is 53.1 Å². The van der Waals surface area contributed by atoms with Crippen molar-refractivity contribution in [2.45, 2.75) is 14.7 Å². The van der Waals surface area contributed by atoms with E-state index in [-0.39, 0.29) is 50.5 Å². The Morgan fingerprint density at radius 2 is 1.07 bits per heavy atom. The molecule has 2 aliphatic rings. The molecule has 5 rings (SSSR count). The van der Waals surface area contributed by atoms with Crippen LogP contribution in [0.5, 0.6) is 0 Å². The van der Waals surface area contributed by atoms with Crippen molar-refractivity contribution in [1.82, 2.24) is 19.9 Å². The molecule has 0 spiro atoms. The average Bonchev–Trinajstić information content (AvgIpc) is 3.53. The zero-order valence-electron chi connectivity index (χ0n) is 19.7. The van der Waals surface area contributed by atoms with Crippen molar-refractivity contribution >= 4 is 85.7 Å². The van der Waals surface area contributed by atoms with Gasteiger partial charge in [0.1, 0.15) is 51.1 Å². The van der Waals surface area contributed by atoms with Gasteiger partial charge in [-0.2, -0.15) is 0 Å². The standard InChI is InChI=1S/C20H14N4O12S4.2Co/c25-37(26,27)15-8-13-6-11-2-1-9(21-11)5-10-3-4-12(22-10)7-14-18(38(28,29)30)20(40(34,35)36)17(24-14)19(16(15)23-13)39(31,32)33;;/h1-8,21,24H,(H,25,26,27)(H,28,29,30)(H,31,32,33)(H,34,35,36);;/q;2*+2/p-4. The molecule has 8 bridgehead atoms. The van der Waals surface area contributed by atoms with E-state index in [9.17, 15) is 51.9 Å². The van der Waals surface area contributed by atoms with Gasteiger partial charge in [0.25, 0.3) is 0 Å². The van der Waals surface area contributed by atoms with E-state index >= 15 is 0 Å². The predicted molar refractivity (Wildman–Crippen MR) is 131 cm³/mol. The van der Waals surface area contributed by atoms with E-state index in [1.54, 1.807) is 6.07 Å². The summed E-state index contributed by atoms with van der Waals surface area (Å²) in [6.45, 7) is 0. The van der Waals surface area contributed by atoms with Crippen LogP contribution in [0.25, 0.3) is 45.2 Å². The predicted octanol–water partition coefficient (Wildman–Crippen LogP) is 0.236. The Balaban J connectivity index is 0.00000242. The molecule has 16 nitrogen and oxygen atoms in total. The number of aromatic nitrogens is 4. The van der Waals surface area contributed by atoms with Crippen LogP contribution in [-0.4, -0.2) is 71.8 Å². The quantitative estimate of drug-likeness (QED) is 0.265. The van der Waals surface area contributed by atoms with Gasteiger partial charge in [-0.1, -0.05) is 0 Å². The van der Waals surface area contributed by atoms with Crippen LogP contribution in [0.15, 0.2) is 45.0 Å². The maximum Gasteiger partial charge on any atom is 2.00 e. The van der Waals surface area contributed by atoms with E-state index in [2.05, 4.69) is 15.0 Å². The average molecular weight is 744 g/mol. The van der Waals surface area contributed by atoms with E-state index in [0.29, 0.717) is 11.6 Å². The maximum atomic E-state index is 12.4. The third-order valence-corrected chi connectivity index (χ3v) is 9.17. The SMILES string of the molecule is O=S(=O)([O-])C1=Cc2cc3ccc(cc4nc(cc5[nH]c(c(S(=O)(=O)[O-])c1n2)c(S(=O)(=O)[O-])c5S(=O)(=O)[O-])C=C4)[nH]3.[Co+2].[Co+2]. The summed E-state index contributed by atoms with van der Waals surface area (Å²) in [6, 6.07) is 6.45. The molecule has 0 aromatic carbocycles. The van der Waals surface area contributed by atoms with Gasteiger partial charge < -0.3 is 28.2 Å². The molecule has 2 radical (unpaired) electrons. The summed E-state index contributed by atoms with van der Waals surface area (Å²) in [5.74, 6) is 0. The minimum absolute atomic E-state index is 0. The molecule has 0 amide bonds. The summed E-state index contributed by atoms with van der Waals surface area (Å²) in [5, 5.41) is 0. The van der Waals surface area contributed by atoms with Gasteiger partial charge in [0.2, 0.25) is 0 Å². The second kappa shape index (κ2) is 11.1. The molecule has 5 heterocycles. The minimum atomic E-state index is -6.10. The van der Waals surface area contributed by atoms with Gasteiger partial charge in [-0.15, -0.1) is 0 Å². The second-order valence-corrected chi connectivity index (χ2v) is 13.5. The fraction of sp³-hybridized carbons (Fsp3) is 0. The molecule has 3 aromatic rings. The fourth-order valence-corrected chi connectivity index (χ4v) is 7.70. The van der Waals surface area contributed by atoms with Crippen LogP contribution in [0, 0.1) is 0 Å². The number of rotatable bonds is 4. The first-order valence-corrected chi connectivity index (χ1v) is 16.0. The topological polar surface area (TPSA) is 286 Å². The molecule has 2 N–H and O–H groups in total. The molecule has 0 fully saturated rings. The van der Waals surface area contributed by atoms with Gasteiger partial charge in [0.15, 0.2) is 0 Å². The molecular formula is C20H10Co2N4O12S4. The van der Waals surface area contributed by atoms with Gasteiger partial charge in [-0.25, -0.2) is 43.6 Å². The Morgan fingerprint density at radius 1 is 0.571 bits per heavy atom. The fourth-order valence-electron chi connectivity index (χ4n) is 4.06. The van der Waals surface area contributed by atoms with E-state index in [4.69, 9.17) is 0 Å². The van der Waals surface area contributed by atoms with E-state index in [1.165, 1.54) is 24.3 Å². The molecular weight excluding hydrogens is 734 g/mol. The summed E-state index contributed by atoms with van der Waals surface area (Å²) in [5.41, 5.74) is -3.57. The van der Waals surface area contributed by atoms with Crippen LogP contribution < -0.4 is 0 Å². The van der Waals surface area contributed by atoms with Crippen molar-refractivity contribution < 1.29 is 85.4 Å². The van der Waals surface area contributed by atoms with E-state index in [0.717, 1.165) is 12.1 Å². The van der Waals surface area contributed by atoms with Crippen molar-refractivity contribution in [2.75, 3.05) is 0 Å². The normalized spacial score (nSPS) is 13.7. The molecule has 2 aliphatic heterocycles. The van der Waals surface area contributed by atoms with Crippen LogP contribution in [0.4, 0.5) is 0 Å². The van der Waals surface area contributed by atoms with Crippen molar-refractivity contribution in [3.8, 4) is 0 Å². The summed E-state index contributed by atoms with van der Waals surface area (Å²) >= 11 is 0. The number of nitrogens with one attached hydrogen (secondary N) is 2. The summed E-state index contributed by atoms with van der Waals surface area (Å²) < 4.78 is 147. The molecule has 42 heavy (non-hydrogen) atoms. The third-order valence-electron chi connectivity index (χ3n) is 5.47. The molecule has 0 unspecified atom stereocenters. The third kappa shape index (κ3) is 6.43. The first-order chi connectivity index (χ1) is 18.3. The van der Waals surface area contributed by atoms with Crippen LogP contribution in [0.3, 0.4) is 0 Å². The van der Waals surface area contributed by atoms with Crippen LogP contribution in [0.1, 0.15) is 22.8 Å². The summed E-state index contributed by atoms with van der Waals surface area (Å²) in [6.07, 6.45) is 3.29. The Morgan fingerprint density at radius 3 is 1.57 bits per heavy atom. The number of aromatic amines is 2. The number of hydrogen-bond acceptors (Lipinski definition) is 14. The van der Waals surface area contributed by atoms with Crippen LogP contribution >= 0.6 is 0 Å². The van der Waals surface area contributed by atoms with E-state index in [1.807, 2.05) is 4.98 Å². The van der Waals surface area contributed by atoms with E-state index < -0.39 is 82.5 Å². The van der Waals surface area contributed by atoms with Crippen LogP contribution in [0.2, 0.25) is 0 Å². The number of H-pyrrole nitrogens is 2. The molecule has 224 valence electrons. The van der Waals surface area contributed by atoms with Crippen LogP contribution in [-0.2, 0) is 74.0 Å².